The van der Waals surface area contributed by atoms with Crippen molar-refractivity contribution in [1.82, 2.24) is 29.9 Å². The maximum atomic E-state index is 14.8. The fourth-order valence-corrected chi connectivity index (χ4v) is 7.91. The lowest BCUT2D eigenvalue weighted by Gasteiger charge is -2.29. The summed E-state index contributed by atoms with van der Waals surface area (Å²) in [5.74, 6) is -0.147. The van der Waals surface area contributed by atoms with E-state index in [0.717, 1.165) is 96.7 Å². The maximum Gasteiger partial charge on any atom is 0.254 e. The molecule has 5 aromatic rings. The van der Waals surface area contributed by atoms with Crippen LogP contribution in [0.15, 0.2) is 72.9 Å². The van der Waals surface area contributed by atoms with E-state index in [1.165, 1.54) is 5.56 Å². The van der Waals surface area contributed by atoms with Crippen molar-refractivity contribution in [2.75, 3.05) is 51.8 Å². The van der Waals surface area contributed by atoms with Gasteiger partial charge in [0.15, 0.2) is 5.65 Å². The standard InChI is InChI=1S/C44H54N8O4/c1-4-39-38(41(48-36-15-21-56-22-16-36)37-26-47-52(5-2)43(37)49-39)29-51(44(54)34-12-7-11-33(25-34)42(45)53)28-35-24-32(13-14-40(35)55-3)31-10-6-9-30(23-31)27-50-19-8-17-46-18-20-50/h6-7,9-14,23-26,36,46H,4-5,8,15-22,27-29H2,1-3H3,(H2,45,53)(H,48,49). The number of amides is 2. The number of fused-ring (bicyclic) bond motifs is 1. The highest BCUT2D eigenvalue weighted by Gasteiger charge is 2.27. The number of anilines is 1. The van der Waals surface area contributed by atoms with Crippen molar-refractivity contribution >= 4 is 28.5 Å². The fourth-order valence-electron chi connectivity index (χ4n) is 7.91. The lowest BCUT2D eigenvalue weighted by Crippen LogP contribution is -2.33. The molecule has 2 aromatic heterocycles. The third kappa shape index (κ3) is 8.88. The number of benzene rings is 3. The van der Waals surface area contributed by atoms with Gasteiger partial charge in [-0.1, -0.05) is 37.3 Å². The number of aryl methyl sites for hydroxylation is 2. The lowest BCUT2D eigenvalue weighted by molar-refractivity contribution is 0.0728. The van der Waals surface area contributed by atoms with Crippen LogP contribution in [0.2, 0.25) is 0 Å². The number of rotatable bonds is 14. The van der Waals surface area contributed by atoms with Crippen molar-refractivity contribution < 1.29 is 19.1 Å². The van der Waals surface area contributed by atoms with Gasteiger partial charge in [0, 0.05) is 73.4 Å². The molecule has 0 atom stereocenters. The smallest absolute Gasteiger partial charge is 0.254 e. The molecule has 0 radical (unpaired) electrons. The number of nitrogens with two attached hydrogens (primary N) is 1. The zero-order chi connectivity index (χ0) is 39.0. The van der Waals surface area contributed by atoms with E-state index in [0.29, 0.717) is 37.5 Å². The predicted octanol–water partition coefficient (Wildman–Crippen LogP) is 6.02. The van der Waals surface area contributed by atoms with E-state index in [1.807, 2.05) is 21.8 Å². The van der Waals surface area contributed by atoms with Crippen LogP contribution < -0.4 is 21.1 Å². The van der Waals surface area contributed by atoms with Crippen molar-refractivity contribution in [3.05, 3.63) is 106 Å². The van der Waals surface area contributed by atoms with E-state index in [9.17, 15) is 9.59 Å². The van der Waals surface area contributed by atoms with Crippen LogP contribution in [0.1, 0.15) is 76.2 Å². The molecule has 4 heterocycles. The van der Waals surface area contributed by atoms with Gasteiger partial charge in [-0.25, -0.2) is 9.67 Å². The number of nitrogens with one attached hydrogen (secondary N) is 2. The molecule has 2 fully saturated rings. The number of primary amides is 1. The summed E-state index contributed by atoms with van der Waals surface area (Å²) < 4.78 is 13.6. The molecule has 7 rings (SSSR count). The van der Waals surface area contributed by atoms with E-state index in [2.05, 4.69) is 70.9 Å². The predicted molar refractivity (Wildman–Crippen MR) is 220 cm³/mol. The summed E-state index contributed by atoms with van der Waals surface area (Å²) in [7, 11) is 1.66. The molecule has 2 aliphatic heterocycles. The average molecular weight is 759 g/mol. The summed E-state index contributed by atoms with van der Waals surface area (Å²) in [5, 5.41) is 13.0. The molecular weight excluding hydrogens is 705 g/mol. The van der Waals surface area contributed by atoms with Gasteiger partial charge in [0.05, 0.1) is 37.5 Å². The van der Waals surface area contributed by atoms with Gasteiger partial charge in [0.2, 0.25) is 5.91 Å². The molecule has 12 heteroatoms. The van der Waals surface area contributed by atoms with Gasteiger partial charge in [0.1, 0.15) is 5.75 Å². The Balaban J connectivity index is 1.29. The van der Waals surface area contributed by atoms with Crippen LogP contribution in [0.25, 0.3) is 22.2 Å². The Bertz CT molecular complexity index is 2150. The molecule has 2 amide bonds. The topological polar surface area (TPSA) is 140 Å². The van der Waals surface area contributed by atoms with E-state index in [1.54, 1.807) is 31.4 Å². The molecule has 0 unspecified atom stereocenters. The van der Waals surface area contributed by atoms with Crippen LogP contribution in [0.3, 0.4) is 0 Å². The third-order valence-corrected chi connectivity index (χ3v) is 10.9. The first-order chi connectivity index (χ1) is 27.3. The highest BCUT2D eigenvalue weighted by atomic mass is 16.5. The zero-order valence-corrected chi connectivity index (χ0v) is 32.9. The van der Waals surface area contributed by atoms with E-state index >= 15 is 0 Å². The van der Waals surface area contributed by atoms with Gasteiger partial charge in [0.25, 0.3) is 5.91 Å². The number of aromatic nitrogens is 3. The Labute approximate surface area is 329 Å². The van der Waals surface area contributed by atoms with E-state index in [-0.39, 0.29) is 30.6 Å². The first-order valence-corrected chi connectivity index (χ1v) is 19.9. The zero-order valence-electron chi connectivity index (χ0n) is 32.9. The van der Waals surface area contributed by atoms with Gasteiger partial charge in [-0.05, 0) is 98.8 Å². The molecule has 0 aliphatic carbocycles. The first kappa shape index (κ1) is 39.0. The molecule has 4 N–H and O–H groups in total. The Hall–Kier alpha value is -5.30. The summed E-state index contributed by atoms with van der Waals surface area (Å²) in [5.41, 5.74) is 14.2. The minimum absolute atomic E-state index is 0.197. The number of nitrogens with zero attached hydrogens (tertiary/aromatic N) is 5. The fraction of sp³-hybridized carbons (Fsp3) is 0.409. The second-order valence-electron chi connectivity index (χ2n) is 14.7. The number of ether oxygens (including phenoxy) is 2. The van der Waals surface area contributed by atoms with Crippen LogP contribution in [-0.2, 0) is 37.3 Å². The van der Waals surface area contributed by atoms with Crippen LogP contribution in [0.4, 0.5) is 5.69 Å². The molecule has 12 nitrogen and oxygen atoms in total. The second-order valence-corrected chi connectivity index (χ2v) is 14.7. The number of carbonyl (C=O) groups is 2. The summed E-state index contributed by atoms with van der Waals surface area (Å²) in [6, 6.07) is 21.7. The summed E-state index contributed by atoms with van der Waals surface area (Å²) in [6.45, 7) is 11.8. The molecule has 0 spiro atoms. The van der Waals surface area contributed by atoms with E-state index < -0.39 is 5.91 Å². The van der Waals surface area contributed by atoms with Crippen molar-refractivity contribution in [1.29, 1.82) is 0 Å². The minimum atomic E-state index is -0.589. The monoisotopic (exact) mass is 758 g/mol. The quantitative estimate of drug-likeness (QED) is 0.124. The Morgan fingerprint density at radius 3 is 2.57 bits per heavy atom. The SMILES string of the molecule is CCc1nc2c(cnn2CC)c(NC2CCOCC2)c1CN(Cc1cc(-c2cccc(CN3CCCNCC3)c2)ccc1OC)C(=O)c1cccc(C(N)=O)c1. The molecule has 3 aromatic carbocycles. The molecule has 0 saturated carbocycles. The number of hydrogen-bond donors (Lipinski definition) is 3. The molecule has 2 aliphatic rings. The number of carbonyl (C=O) groups excluding carboxylic acids is 2. The molecule has 294 valence electrons. The molecule has 56 heavy (non-hydrogen) atoms. The van der Waals surface area contributed by atoms with Crippen molar-refractivity contribution in [3.63, 3.8) is 0 Å². The third-order valence-electron chi connectivity index (χ3n) is 10.9. The maximum absolute atomic E-state index is 14.8. The van der Waals surface area contributed by atoms with Crippen molar-refractivity contribution in [3.8, 4) is 16.9 Å². The van der Waals surface area contributed by atoms with E-state index in [4.69, 9.17) is 20.2 Å². The summed E-state index contributed by atoms with van der Waals surface area (Å²) in [6.07, 6.45) is 5.42. The largest absolute Gasteiger partial charge is 0.496 e. The highest BCUT2D eigenvalue weighted by Crippen LogP contribution is 2.35. The number of pyridine rings is 1. The van der Waals surface area contributed by atoms with Gasteiger partial charge in [-0.15, -0.1) is 0 Å². The second kappa shape index (κ2) is 18.1. The molecule has 2 saturated heterocycles. The Morgan fingerprint density at radius 2 is 1.79 bits per heavy atom. The minimum Gasteiger partial charge on any atom is -0.496 e. The van der Waals surface area contributed by atoms with Gasteiger partial charge < -0.3 is 30.7 Å². The highest BCUT2D eigenvalue weighted by molar-refractivity contribution is 5.99. The van der Waals surface area contributed by atoms with Crippen LogP contribution in [-0.4, -0.2) is 88.9 Å². The van der Waals surface area contributed by atoms with Crippen molar-refractivity contribution in [2.45, 2.75) is 71.8 Å². The lowest BCUT2D eigenvalue weighted by atomic mass is 9.99. The molecule has 0 bridgehead atoms. The number of methoxy groups -OCH3 is 1. The average Bonchev–Trinajstić information content (AvgIpc) is 3.47. The first-order valence-electron chi connectivity index (χ1n) is 19.9. The van der Waals surface area contributed by atoms with Gasteiger partial charge >= 0.3 is 0 Å². The van der Waals surface area contributed by atoms with Crippen LogP contribution >= 0.6 is 0 Å². The Morgan fingerprint density at radius 1 is 0.982 bits per heavy atom. The van der Waals surface area contributed by atoms with Crippen molar-refractivity contribution in [2.24, 2.45) is 5.73 Å². The van der Waals surface area contributed by atoms with Gasteiger partial charge in [-0.2, -0.15) is 5.10 Å². The van der Waals surface area contributed by atoms with Crippen LogP contribution in [0.5, 0.6) is 5.75 Å². The number of hydrogen-bond acceptors (Lipinski definition) is 9. The van der Waals surface area contributed by atoms with Crippen LogP contribution in [0, 0.1) is 0 Å². The van der Waals surface area contributed by atoms with Gasteiger partial charge in [-0.3, -0.25) is 14.5 Å². The molecular formula is C44H54N8O4. The summed E-state index contributed by atoms with van der Waals surface area (Å²) >= 11 is 0. The summed E-state index contributed by atoms with van der Waals surface area (Å²) in [4.78, 5) is 36.5. The Kier molecular flexibility index (Phi) is 12.6. The normalized spacial score (nSPS) is 15.4.